The number of nitrogens with zero attached hydrogens (tertiary/aromatic N) is 4. The Bertz CT molecular complexity index is 1230. The van der Waals surface area contributed by atoms with Crippen molar-refractivity contribution >= 4 is 23.0 Å². The largest absolute Gasteiger partial charge is 0.369 e. The number of nitrogens with one attached hydrogen (secondary N) is 1. The number of nitrogens with two attached hydrogens (primary N) is 1. The molecule has 5 rings (SSSR count). The number of aromatic nitrogens is 4. The predicted molar refractivity (Wildman–Crippen MR) is 112 cm³/mol. The van der Waals surface area contributed by atoms with Gasteiger partial charge in [0.25, 0.3) is 5.91 Å². The van der Waals surface area contributed by atoms with Gasteiger partial charge in [-0.3, -0.25) is 9.36 Å². The molecule has 0 spiro atoms. The molecule has 2 aromatic carbocycles. The minimum atomic E-state index is -0.0728. The van der Waals surface area contributed by atoms with Crippen LogP contribution in [0.15, 0.2) is 54.9 Å². The van der Waals surface area contributed by atoms with Gasteiger partial charge in [-0.15, -0.1) is 0 Å². The van der Waals surface area contributed by atoms with Crippen molar-refractivity contribution in [1.29, 1.82) is 0 Å². The Morgan fingerprint density at radius 1 is 1.14 bits per heavy atom. The zero-order chi connectivity index (χ0) is 20.0. The average molecular weight is 384 g/mol. The van der Waals surface area contributed by atoms with E-state index < -0.39 is 0 Å². The highest BCUT2D eigenvalue weighted by Gasteiger charge is 2.24. The molecule has 144 valence electrons. The van der Waals surface area contributed by atoms with Gasteiger partial charge in [-0.05, 0) is 37.5 Å². The maximum absolute atomic E-state index is 12.5. The molecule has 2 aromatic heterocycles. The number of hydrogen-bond donors (Lipinski definition) is 2. The highest BCUT2D eigenvalue weighted by atomic mass is 16.1. The van der Waals surface area contributed by atoms with E-state index in [9.17, 15) is 4.79 Å². The molecule has 1 aliphatic carbocycles. The molecule has 0 bridgehead atoms. The summed E-state index contributed by atoms with van der Waals surface area (Å²) >= 11 is 0. The molecule has 0 aliphatic heterocycles. The molecule has 4 aromatic rings. The van der Waals surface area contributed by atoms with E-state index in [-0.39, 0.29) is 5.91 Å². The summed E-state index contributed by atoms with van der Waals surface area (Å²) in [5.74, 6) is 0.233. The summed E-state index contributed by atoms with van der Waals surface area (Å²) in [6, 6.07) is 15.7. The second-order valence-corrected chi connectivity index (χ2v) is 7.31. The van der Waals surface area contributed by atoms with Gasteiger partial charge in [0.2, 0.25) is 5.95 Å². The second-order valence-electron chi connectivity index (χ2n) is 7.31. The van der Waals surface area contributed by atoms with Crippen LogP contribution in [0.3, 0.4) is 0 Å². The van der Waals surface area contributed by atoms with Crippen LogP contribution in [-0.4, -0.2) is 31.5 Å². The van der Waals surface area contributed by atoms with Gasteiger partial charge in [0.05, 0.1) is 5.69 Å². The number of amides is 1. The first kappa shape index (κ1) is 17.4. The lowest BCUT2D eigenvalue weighted by molar-refractivity contribution is 0.0951. The van der Waals surface area contributed by atoms with E-state index in [1.54, 1.807) is 4.57 Å². The molecule has 1 saturated carbocycles. The van der Waals surface area contributed by atoms with Gasteiger partial charge in [0, 0.05) is 17.2 Å². The third-order valence-corrected chi connectivity index (χ3v) is 5.14. The van der Waals surface area contributed by atoms with Gasteiger partial charge in [0.15, 0.2) is 5.65 Å². The maximum atomic E-state index is 12.5. The Morgan fingerprint density at radius 3 is 2.69 bits per heavy atom. The molecule has 1 amide bonds. The number of aryl methyl sites for hydroxylation is 1. The number of carbonyl (C=O) groups is 1. The SMILES string of the molecule is Cc1ccc(C(=O)NC2CC2)cc1-n1c(N)nc2c(-c3ccccc3)ncnc21. The third kappa shape index (κ3) is 3.10. The molecular formula is C22H20N6O. The van der Waals surface area contributed by atoms with Crippen molar-refractivity contribution in [1.82, 2.24) is 24.8 Å². The number of carbonyl (C=O) groups excluding carboxylic acids is 1. The monoisotopic (exact) mass is 384 g/mol. The normalized spacial score (nSPS) is 13.6. The fourth-order valence-corrected chi connectivity index (χ4v) is 3.44. The van der Waals surface area contributed by atoms with Crippen LogP contribution in [0.5, 0.6) is 0 Å². The standard InChI is InChI=1S/C22H20N6O/c1-13-7-8-15(21(29)26-16-9-10-16)11-17(13)28-20-19(27-22(28)23)18(24-12-25-20)14-5-3-2-4-6-14/h2-8,11-12,16H,9-10H2,1H3,(H2,23,27)(H,26,29). The zero-order valence-electron chi connectivity index (χ0n) is 16.0. The minimum absolute atomic E-state index is 0.0728. The lowest BCUT2D eigenvalue weighted by Crippen LogP contribution is -2.25. The number of anilines is 1. The Kier molecular flexibility index (Phi) is 4.01. The van der Waals surface area contributed by atoms with Crippen LogP contribution >= 0.6 is 0 Å². The van der Waals surface area contributed by atoms with Crippen molar-refractivity contribution < 1.29 is 4.79 Å². The van der Waals surface area contributed by atoms with E-state index in [1.807, 2.05) is 55.5 Å². The predicted octanol–water partition coefficient (Wildman–Crippen LogP) is 3.27. The number of rotatable bonds is 4. The van der Waals surface area contributed by atoms with Crippen LogP contribution in [0.2, 0.25) is 0 Å². The molecule has 0 atom stereocenters. The van der Waals surface area contributed by atoms with Gasteiger partial charge in [0.1, 0.15) is 17.5 Å². The first-order valence-electron chi connectivity index (χ1n) is 9.58. The topological polar surface area (TPSA) is 98.7 Å². The van der Waals surface area contributed by atoms with Crippen molar-refractivity contribution in [2.75, 3.05) is 5.73 Å². The molecule has 7 heteroatoms. The molecule has 0 radical (unpaired) electrons. The molecule has 1 fully saturated rings. The van der Waals surface area contributed by atoms with E-state index in [0.29, 0.717) is 28.7 Å². The van der Waals surface area contributed by atoms with Crippen LogP contribution in [0.25, 0.3) is 28.1 Å². The van der Waals surface area contributed by atoms with Crippen molar-refractivity contribution in [3.8, 4) is 16.9 Å². The number of fused-ring (bicyclic) bond motifs is 1. The summed E-state index contributed by atoms with van der Waals surface area (Å²) in [5.41, 5.74) is 11.6. The van der Waals surface area contributed by atoms with E-state index in [2.05, 4.69) is 20.3 Å². The average Bonchev–Trinajstić information content (AvgIpc) is 3.48. The summed E-state index contributed by atoms with van der Waals surface area (Å²) in [6.07, 6.45) is 3.60. The summed E-state index contributed by atoms with van der Waals surface area (Å²) < 4.78 is 1.78. The first-order chi connectivity index (χ1) is 14.1. The van der Waals surface area contributed by atoms with Gasteiger partial charge in [-0.1, -0.05) is 36.4 Å². The summed E-state index contributed by atoms with van der Waals surface area (Å²) in [6.45, 7) is 1.97. The smallest absolute Gasteiger partial charge is 0.251 e. The van der Waals surface area contributed by atoms with Crippen molar-refractivity contribution in [2.24, 2.45) is 0 Å². The van der Waals surface area contributed by atoms with E-state index in [4.69, 9.17) is 5.73 Å². The van der Waals surface area contributed by atoms with Gasteiger partial charge in [-0.2, -0.15) is 0 Å². The summed E-state index contributed by atoms with van der Waals surface area (Å²) in [4.78, 5) is 26.0. The van der Waals surface area contributed by atoms with Crippen LogP contribution in [0.4, 0.5) is 5.95 Å². The lowest BCUT2D eigenvalue weighted by Gasteiger charge is -2.12. The quantitative estimate of drug-likeness (QED) is 0.563. The molecule has 0 unspecified atom stereocenters. The van der Waals surface area contributed by atoms with E-state index >= 15 is 0 Å². The summed E-state index contributed by atoms with van der Waals surface area (Å²) in [7, 11) is 0. The van der Waals surface area contributed by atoms with Crippen LogP contribution in [0, 0.1) is 6.92 Å². The number of hydrogen-bond acceptors (Lipinski definition) is 5. The Morgan fingerprint density at radius 2 is 1.93 bits per heavy atom. The van der Waals surface area contributed by atoms with Gasteiger partial charge in [-0.25, -0.2) is 15.0 Å². The Labute approximate surface area is 167 Å². The molecular weight excluding hydrogens is 364 g/mol. The zero-order valence-corrected chi connectivity index (χ0v) is 16.0. The van der Waals surface area contributed by atoms with Crippen molar-refractivity contribution in [3.05, 3.63) is 66.0 Å². The molecule has 2 heterocycles. The van der Waals surface area contributed by atoms with Gasteiger partial charge < -0.3 is 11.1 Å². The van der Waals surface area contributed by atoms with Crippen LogP contribution in [-0.2, 0) is 0 Å². The number of benzene rings is 2. The maximum Gasteiger partial charge on any atom is 0.251 e. The fraction of sp³-hybridized carbons (Fsp3) is 0.182. The van der Waals surface area contributed by atoms with Gasteiger partial charge >= 0.3 is 0 Å². The first-order valence-corrected chi connectivity index (χ1v) is 9.58. The fourth-order valence-electron chi connectivity index (χ4n) is 3.44. The van der Waals surface area contributed by atoms with E-state index in [0.717, 1.165) is 35.3 Å². The van der Waals surface area contributed by atoms with Crippen LogP contribution < -0.4 is 11.1 Å². The number of imidazole rings is 1. The Balaban J connectivity index is 1.66. The molecule has 29 heavy (non-hydrogen) atoms. The second kappa shape index (κ2) is 6.70. The molecule has 7 nitrogen and oxygen atoms in total. The van der Waals surface area contributed by atoms with Crippen molar-refractivity contribution in [2.45, 2.75) is 25.8 Å². The number of nitrogen functional groups attached to an aromatic ring is 1. The highest BCUT2D eigenvalue weighted by molar-refractivity contribution is 5.96. The lowest BCUT2D eigenvalue weighted by atomic mass is 10.1. The molecule has 3 N–H and O–H groups in total. The molecule has 1 aliphatic rings. The summed E-state index contributed by atoms with van der Waals surface area (Å²) in [5, 5.41) is 3.02. The van der Waals surface area contributed by atoms with E-state index in [1.165, 1.54) is 6.33 Å². The molecule has 0 saturated heterocycles. The highest BCUT2D eigenvalue weighted by Crippen LogP contribution is 2.30. The van der Waals surface area contributed by atoms with Crippen molar-refractivity contribution in [3.63, 3.8) is 0 Å². The minimum Gasteiger partial charge on any atom is -0.369 e. The Hall–Kier alpha value is -3.74. The third-order valence-electron chi connectivity index (χ3n) is 5.14. The van der Waals surface area contributed by atoms with Crippen LogP contribution in [0.1, 0.15) is 28.8 Å².